The third-order valence-corrected chi connectivity index (χ3v) is 4.17. The summed E-state index contributed by atoms with van der Waals surface area (Å²) in [5.74, 6) is 1.25. The lowest BCUT2D eigenvalue weighted by Gasteiger charge is -2.37. The standard InChI is InChI=1S/C13H15BrN4/c1-18-6-9(7-18)10-3-2-8(4-12(10)14)11-5-16-17-13(11)15/h2-5,9H,6-7H2,1H3,(H3,15,16,17). The molecule has 0 spiro atoms. The predicted molar refractivity (Wildman–Crippen MR) is 76.4 cm³/mol. The SMILES string of the molecule is CN1CC(c2ccc(-c3cn[nH]c3N)cc2Br)C1. The van der Waals surface area contributed by atoms with E-state index in [0.717, 1.165) is 28.7 Å². The first-order valence-electron chi connectivity index (χ1n) is 5.92. The number of nitrogens with zero attached hydrogens (tertiary/aromatic N) is 2. The van der Waals surface area contributed by atoms with Gasteiger partial charge < -0.3 is 10.6 Å². The van der Waals surface area contributed by atoms with Crippen molar-refractivity contribution in [2.45, 2.75) is 5.92 Å². The molecule has 5 heteroatoms. The third-order valence-electron chi connectivity index (χ3n) is 3.48. The van der Waals surface area contributed by atoms with E-state index in [4.69, 9.17) is 5.73 Å². The minimum atomic E-state index is 0.609. The summed E-state index contributed by atoms with van der Waals surface area (Å²) in [6.07, 6.45) is 1.76. The normalized spacial score (nSPS) is 16.8. The molecule has 0 aliphatic carbocycles. The van der Waals surface area contributed by atoms with Gasteiger partial charge in [0.2, 0.25) is 0 Å². The van der Waals surface area contributed by atoms with Gasteiger partial charge in [-0.05, 0) is 24.2 Å². The number of rotatable bonds is 2. The van der Waals surface area contributed by atoms with Crippen LogP contribution < -0.4 is 5.73 Å². The number of nitrogens with one attached hydrogen (secondary N) is 1. The van der Waals surface area contributed by atoms with Crippen molar-refractivity contribution in [3.63, 3.8) is 0 Å². The summed E-state index contributed by atoms with van der Waals surface area (Å²) in [6.45, 7) is 2.26. The molecule has 1 aliphatic heterocycles. The average Bonchev–Trinajstić information content (AvgIpc) is 2.72. The van der Waals surface area contributed by atoms with Crippen molar-refractivity contribution < 1.29 is 0 Å². The fourth-order valence-electron chi connectivity index (χ4n) is 2.45. The molecule has 0 bridgehead atoms. The van der Waals surface area contributed by atoms with Gasteiger partial charge in [-0.15, -0.1) is 0 Å². The summed E-state index contributed by atoms with van der Waals surface area (Å²) in [4.78, 5) is 2.32. The zero-order valence-corrected chi connectivity index (χ0v) is 11.7. The minimum absolute atomic E-state index is 0.609. The van der Waals surface area contributed by atoms with Gasteiger partial charge in [0.05, 0.1) is 6.20 Å². The molecule has 1 aromatic heterocycles. The number of H-pyrrole nitrogens is 1. The first kappa shape index (κ1) is 11.7. The number of aromatic amines is 1. The Hall–Kier alpha value is -1.33. The fourth-order valence-corrected chi connectivity index (χ4v) is 3.15. The van der Waals surface area contributed by atoms with Gasteiger partial charge in [-0.2, -0.15) is 5.10 Å². The Labute approximate surface area is 114 Å². The zero-order chi connectivity index (χ0) is 12.7. The Balaban J connectivity index is 1.92. The van der Waals surface area contributed by atoms with Gasteiger partial charge in [0.1, 0.15) is 5.82 Å². The minimum Gasteiger partial charge on any atom is -0.384 e. The molecule has 1 fully saturated rings. The molecule has 18 heavy (non-hydrogen) atoms. The second kappa shape index (κ2) is 4.40. The topological polar surface area (TPSA) is 57.9 Å². The highest BCUT2D eigenvalue weighted by molar-refractivity contribution is 9.10. The second-order valence-corrected chi connectivity index (χ2v) is 5.71. The van der Waals surface area contributed by atoms with E-state index < -0.39 is 0 Å². The Kier molecular flexibility index (Phi) is 2.87. The van der Waals surface area contributed by atoms with Gasteiger partial charge in [0.15, 0.2) is 0 Å². The fraction of sp³-hybridized carbons (Fsp3) is 0.308. The van der Waals surface area contributed by atoms with E-state index in [2.05, 4.69) is 56.3 Å². The second-order valence-electron chi connectivity index (χ2n) is 4.85. The molecule has 1 aliphatic rings. The predicted octanol–water partition coefficient (Wildman–Crippen LogP) is 2.45. The smallest absolute Gasteiger partial charge is 0.126 e. The van der Waals surface area contributed by atoms with Crippen LogP contribution in [0.25, 0.3) is 11.1 Å². The summed E-state index contributed by atoms with van der Waals surface area (Å²) < 4.78 is 1.15. The molecule has 3 N–H and O–H groups in total. The molecule has 3 rings (SSSR count). The van der Waals surface area contributed by atoms with Crippen molar-refractivity contribution >= 4 is 21.7 Å². The highest BCUT2D eigenvalue weighted by Crippen LogP contribution is 2.35. The van der Waals surface area contributed by atoms with E-state index in [1.807, 2.05) is 0 Å². The van der Waals surface area contributed by atoms with Crippen LogP contribution in [0.15, 0.2) is 28.9 Å². The summed E-state index contributed by atoms with van der Waals surface area (Å²) in [5.41, 5.74) is 9.25. The molecular formula is C13H15BrN4. The zero-order valence-electron chi connectivity index (χ0n) is 10.2. The highest BCUT2D eigenvalue weighted by Gasteiger charge is 2.26. The number of likely N-dealkylation sites (tertiary alicyclic amines) is 1. The maximum Gasteiger partial charge on any atom is 0.126 e. The van der Waals surface area contributed by atoms with Gasteiger partial charge in [0, 0.05) is 29.0 Å². The van der Waals surface area contributed by atoms with Crippen molar-refractivity contribution in [2.24, 2.45) is 0 Å². The molecule has 0 atom stereocenters. The number of benzene rings is 1. The lowest BCUT2D eigenvalue weighted by atomic mass is 9.91. The molecular weight excluding hydrogens is 292 g/mol. The first-order chi connectivity index (χ1) is 8.65. The van der Waals surface area contributed by atoms with E-state index in [-0.39, 0.29) is 0 Å². The van der Waals surface area contributed by atoms with Crippen LogP contribution >= 0.6 is 15.9 Å². The van der Waals surface area contributed by atoms with E-state index in [1.165, 1.54) is 5.56 Å². The number of anilines is 1. The Morgan fingerprint density at radius 3 is 2.78 bits per heavy atom. The average molecular weight is 307 g/mol. The molecule has 1 aromatic carbocycles. The van der Waals surface area contributed by atoms with Crippen LogP contribution in [0.2, 0.25) is 0 Å². The number of likely N-dealkylation sites (N-methyl/N-ethyl adjacent to an activating group) is 1. The van der Waals surface area contributed by atoms with Gasteiger partial charge in [-0.25, -0.2) is 0 Å². The summed E-state index contributed by atoms with van der Waals surface area (Å²) in [7, 11) is 2.14. The van der Waals surface area contributed by atoms with Gasteiger partial charge in [0.25, 0.3) is 0 Å². The first-order valence-corrected chi connectivity index (χ1v) is 6.71. The Morgan fingerprint density at radius 2 is 2.22 bits per heavy atom. The lowest BCUT2D eigenvalue weighted by molar-refractivity contribution is 0.189. The quantitative estimate of drug-likeness (QED) is 0.896. The number of aromatic nitrogens is 2. The molecule has 4 nitrogen and oxygen atoms in total. The van der Waals surface area contributed by atoms with Gasteiger partial charge >= 0.3 is 0 Å². The van der Waals surface area contributed by atoms with Crippen molar-refractivity contribution in [1.29, 1.82) is 0 Å². The number of hydrogen-bond acceptors (Lipinski definition) is 3. The lowest BCUT2D eigenvalue weighted by Crippen LogP contribution is -2.41. The van der Waals surface area contributed by atoms with Gasteiger partial charge in [-0.3, -0.25) is 5.10 Å². The van der Waals surface area contributed by atoms with E-state index in [9.17, 15) is 0 Å². The van der Waals surface area contributed by atoms with Gasteiger partial charge in [-0.1, -0.05) is 28.1 Å². The molecule has 2 heterocycles. The molecule has 94 valence electrons. The van der Waals surface area contributed by atoms with Crippen molar-refractivity contribution in [3.8, 4) is 11.1 Å². The molecule has 0 unspecified atom stereocenters. The number of nitrogen functional groups attached to an aromatic ring is 1. The van der Waals surface area contributed by atoms with Crippen molar-refractivity contribution in [3.05, 3.63) is 34.4 Å². The van der Waals surface area contributed by atoms with Crippen LogP contribution in [0.1, 0.15) is 11.5 Å². The van der Waals surface area contributed by atoms with Crippen LogP contribution in [-0.2, 0) is 0 Å². The molecule has 0 amide bonds. The van der Waals surface area contributed by atoms with Crippen LogP contribution in [0.5, 0.6) is 0 Å². The maximum absolute atomic E-state index is 5.84. The van der Waals surface area contributed by atoms with Crippen molar-refractivity contribution in [2.75, 3.05) is 25.9 Å². The van der Waals surface area contributed by atoms with Crippen LogP contribution in [-0.4, -0.2) is 35.2 Å². The van der Waals surface area contributed by atoms with E-state index in [0.29, 0.717) is 11.7 Å². The van der Waals surface area contributed by atoms with Crippen molar-refractivity contribution in [1.82, 2.24) is 15.1 Å². The van der Waals surface area contributed by atoms with E-state index in [1.54, 1.807) is 6.20 Å². The molecule has 0 radical (unpaired) electrons. The monoisotopic (exact) mass is 306 g/mol. The highest BCUT2D eigenvalue weighted by atomic mass is 79.9. The number of hydrogen-bond donors (Lipinski definition) is 2. The summed E-state index contributed by atoms with van der Waals surface area (Å²) in [5, 5.41) is 6.71. The Bertz CT molecular complexity index is 572. The number of halogens is 1. The molecule has 0 saturated carbocycles. The maximum atomic E-state index is 5.84. The largest absolute Gasteiger partial charge is 0.384 e. The van der Waals surface area contributed by atoms with Crippen LogP contribution in [0, 0.1) is 0 Å². The number of nitrogens with two attached hydrogens (primary N) is 1. The summed E-state index contributed by atoms with van der Waals surface area (Å²) in [6, 6.07) is 6.41. The van der Waals surface area contributed by atoms with Crippen LogP contribution in [0.4, 0.5) is 5.82 Å². The Morgan fingerprint density at radius 1 is 1.44 bits per heavy atom. The molecule has 2 aromatic rings. The van der Waals surface area contributed by atoms with Crippen LogP contribution in [0.3, 0.4) is 0 Å². The summed E-state index contributed by atoms with van der Waals surface area (Å²) >= 11 is 3.66. The third kappa shape index (κ3) is 1.93. The molecule has 1 saturated heterocycles. The van der Waals surface area contributed by atoms with E-state index >= 15 is 0 Å².